The van der Waals surface area contributed by atoms with Crippen molar-refractivity contribution in [2.24, 2.45) is 0 Å². The number of carbonyl (C=O) groups is 2. The van der Waals surface area contributed by atoms with Gasteiger partial charge in [-0.2, -0.15) is 0 Å². The summed E-state index contributed by atoms with van der Waals surface area (Å²) in [6.45, 7) is 0. The number of ether oxygens (including phenoxy) is 3. The fourth-order valence-electron chi connectivity index (χ4n) is 2.96. The Kier molecular flexibility index (Phi) is 5.48. The second kappa shape index (κ2) is 8.22. The van der Waals surface area contributed by atoms with Crippen LogP contribution in [0.15, 0.2) is 66.4 Å². The number of rotatable bonds is 4. The van der Waals surface area contributed by atoms with Crippen molar-refractivity contribution in [1.29, 1.82) is 0 Å². The molecule has 0 aromatic heterocycles. The van der Waals surface area contributed by atoms with E-state index in [-0.39, 0.29) is 22.9 Å². The molecular formula is C23H14Cl2O5. The zero-order valence-electron chi connectivity index (χ0n) is 15.6. The van der Waals surface area contributed by atoms with Gasteiger partial charge in [0.1, 0.15) is 22.8 Å². The molecule has 0 spiro atoms. The maximum absolute atomic E-state index is 12.6. The van der Waals surface area contributed by atoms with Gasteiger partial charge < -0.3 is 14.2 Å². The van der Waals surface area contributed by atoms with E-state index in [1.165, 1.54) is 19.2 Å². The fourth-order valence-corrected chi connectivity index (χ4v) is 3.27. The summed E-state index contributed by atoms with van der Waals surface area (Å²) in [4.78, 5) is 25.1. The Hall–Kier alpha value is -3.28. The highest BCUT2D eigenvalue weighted by Gasteiger charge is 2.28. The maximum Gasteiger partial charge on any atom is 0.347 e. The normalized spacial score (nSPS) is 13.7. The molecule has 0 saturated heterocycles. The van der Waals surface area contributed by atoms with Crippen molar-refractivity contribution in [3.63, 3.8) is 0 Å². The van der Waals surface area contributed by atoms with Gasteiger partial charge in [-0.1, -0.05) is 41.4 Å². The van der Waals surface area contributed by atoms with Crippen LogP contribution >= 0.6 is 23.2 Å². The quantitative estimate of drug-likeness (QED) is 0.289. The van der Waals surface area contributed by atoms with Crippen molar-refractivity contribution < 1.29 is 23.8 Å². The van der Waals surface area contributed by atoms with E-state index in [2.05, 4.69) is 0 Å². The van der Waals surface area contributed by atoms with Crippen LogP contribution in [0.1, 0.15) is 26.3 Å². The van der Waals surface area contributed by atoms with Crippen LogP contribution in [-0.4, -0.2) is 18.9 Å². The van der Waals surface area contributed by atoms with Crippen LogP contribution in [0.4, 0.5) is 0 Å². The van der Waals surface area contributed by atoms with Crippen LogP contribution in [0.5, 0.6) is 17.2 Å². The predicted octanol–water partition coefficient (Wildman–Crippen LogP) is 5.84. The molecule has 5 nitrogen and oxygen atoms in total. The highest BCUT2D eigenvalue weighted by atomic mass is 35.5. The molecule has 7 heteroatoms. The Bertz CT molecular complexity index is 1200. The van der Waals surface area contributed by atoms with E-state index in [1.807, 2.05) is 0 Å². The first-order chi connectivity index (χ1) is 14.5. The zero-order chi connectivity index (χ0) is 21.3. The van der Waals surface area contributed by atoms with Gasteiger partial charge in [-0.15, -0.1) is 0 Å². The summed E-state index contributed by atoms with van der Waals surface area (Å²) in [5.41, 5.74) is 1.33. The number of ketones is 1. The highest BCUT2D eigenvalue weighted by molar-refractivity contribution is 6.42. The Morgan fingerprint density at radius 2 is 1.80 bits per heavy atom. The van der Waals surface area contributed by atoms with Gasteiger partial charge in [-0.05, 0) is 48.0 Å². The van der Waals surface area contributed by atoms with Crippen molar-refractivity contribution in [2.45, 2.75) is 0 Å². The Morgan fingerprint density at radius 3 is 2.57 bits per heavy atom. The molecule has 0 N–H and O–H groups in total. The molecule has 3 aromatic carbocycles. The molecule has 0 radical (unpaired) electrons. The minimum absolute atomic E-state index is 0.136. The molecule has 0 amide bonds. The molecule has 0 bridgehead atoms. The fraction of sp³-hybridized carbons (Fsp3) is 0.0435. The minimum Gasteiger partial charge on any atom is -0.496 e. The lowest BCUT2D eigenvalue weighted by Gasteiger charge is -2.08. The molecule has 3 aromatic rings. The van der Waals surface area contributed by atoms with E-state index in [4.69, 9.17) is 37.4 Å². The van der Waals surface area contributed by atoms with E-state index in [9.17, 15) is 9.59 Å². The van der Waals surface area contributed by atoms with Crippen molar-refractivity contribution in [1.82, 2.24) is 0 Å². The number of esters is 1. The largest absolute Gasteiger partial charge is 0.496 e. The summed E-state index contributed by atoms with van der Waals surface area (Å²) in [6.07, 6.45) is 1.57. The second-order valence-corrected chi connectivity index (χ2v) is 7.18. The molecule has 1 heterocycles. The standard InChI is InChI=1S/C23H14Cl2O5/c1-28-19-5-3-2-4-16(19)23(27)29-14-7-8-15-20(12-14)30-21(22(15)26)11-13-6-9-17(24)18(25)10-13/h2-12H,1H3. The monoisotopic (exact) mass is 440 g/mol. The first kappa shape index (κ1) is 20.0. The van der Waals surface area contributed by atoms with Crippen LogP contribution in [-0.2, 0) is 0 Å². The molecular weight excluding hydrogens is 427 g/mol. The highest BCUT2D eigenvalue weighted by Crippen LogP contribution is 2.35. The molecule has 150 valence electrons. The van der Waals surface area contributed by atoms with Gasteiger partial charge in [0.2, 0.25) is 5.78 Å². The number of fused-ring (bicyclic) bond motifs is 1. The number of hydrogen-bond donors (Lipinski definition) is 0. The van der Waals surface area contributed by atoms with E-state index >= 15 is 0 Å². The third-order valence-electron chi connectivity index (χ3n) is 4.42. The molecule has 0 unspecified atom stereocenters. The number of Topliss-reactive ketones (excluding diaryl/α,β-unsaturated/α-hetero) is 1. The zero-order valence-corrected chi connectivity index (χ0v) is 17.2. The van der Waals surface area contributed by atoms with Gasteiger partial charge in [0, 0.05) is 6.07 Å². The second-order valence-electron chi connectivity index (χ2n) is 6.36. The number of allylic oxidation sites excluding steroid dienone is 1. The first-order valence-electron chi connectivity index (χ1n) is 8.85. The van der Waals surface area contributed by atoms with Crippen molar-refractivity contribution in [3.05, 3.63) is 93.2 Å². The average molecular weight is 441 g/mol. The Balaban J connectivity index is 1.57. The molecule has 30 heavy (non-hydrogen) atoms. The first-order valence-corrected chi connectivity index (χ1v) is 9.60. The number of carbonyl (C=O) groups excluding carboxylic acids is 2. The van der Waals surface area contributed by atoms with Gasteiger partial charge >= 0.3 is 5.97 Å². The summed E-state index contributed by atoms with van der Waals surface area (Å²) < 4.78 is 16.3. The molecule has 0 atom stereocenters. The lowest BCUT2D eigenvalue weighted by atomic mass is 10.1. The van der Waals surface area contributed by atoms with E-state index < -0.39 is 5.97 Å². The van der Waals surface area contributed by atoms with Crippen molar-refractivity contribution >= 4 is 41.0 Å². The minimum atomic E-state index is -0.580. The van der Waals surface area contributed by atoms with Crippen molar-refractivity contribution in [3.8, 4) is 17.2 Å². The third kappa shape index (κ3) is 3.90. The molecule has 0 aliphatic carbocycles. The van der Waals surface area contributed by atoms with E-state index in [1.54, 1.807) is 54.6 Å². The lowest BCUT2D eigenvalue weighted by molar-refractivity contribution is 0.0731. The third-order valence-corrected chi connectivity index (χ3v) is 5.16. The number of halogens is 2. The summed E-state index contributed by atoms with van der Waals surface area (Å²) in [7, 11) is 1.47. The van der Waals surface area contributed by atoms with Crippen LogP contribution in [0, 0.1) is 0 Å². The summed E-state index contributed by atoms with van der Waals surface area (Å²) in [6, 6.07) is 16.3. The summed E-state index contributed by atoms with van der Waals surface area (Å²) in [5.74, 6) is 0.227. The summed E-state index contributed by atoms with van der Waals surface area (Å²) in [5, 5.41) is 0.793. The number of hydrogen-bond acceptors (Lipinski definition) is 5. The van der Waals surface area contributed by atoms with Crippen molar-refractivity contribution in [2.75, 3.05) is 7.11 Å². The lowest BCUT2D eigenvalue weighted by Crippen LogP contribution is -2.10. The molecule has 1 aliphatic heterocycles. The predicted molar refractivity (Wildman–Crippen MR) is 114 cm³/mol. The molecule has 0 saturated carbocycles. The number of para-hydroxylation sites is 1. The topological polar surface area (TPSA) is 61.8 Å². The SMILES string of the molecule is COc1ccccc1C(=O)Oc1ccc2c(c1)OC(=Cc1ccc(Cl)c(Cl)c1)C2=O. The van der Waals surface area contributed by atoms with Crippen LogP contribution < -0.4 is 14.2 Å². The van der Waals surface area contributed by atoms with Crippen LogP contribution in [0.25, 0.3) is 6.08 Å². The smallest absolute Gasteiger partial charge is 0.347 e. The van der Waals surface area contributed by atoms with Crippen LogP contribution in [0.3, 0.4) is 0 Å². The van der Waals surface area contributed by atoms with E-state index in [0.29, 0.717) is 32.7 Å². The maximum atomic E-state index is 12.6. The molecule has 1 aliphatic rings. The van der Waals surface area contributed by atoms with E-state index in [0.717, 1.165) is 0 Å². The Morgan fingerprint density at radius 1 is 1.00 bits per heavy atom. The summed E-state index contributed by atoms with van der Waals surface area (Å²) >= 11 is 11.9. The van der Waals surface area contributed by atoms with Gasteiger partial charge in [-0.3, -0.25) is 4.79 Å². The van der Waals surface area contributed by atoms with Gasteiger partial charge in [-0.25, -0.2) is 4.79 Å². The van der Waals surface area contributed by atoms with Gasteiger partial charge in [0.05, 0.1) is 22.7 Å². The average Bonchev–Trinajstić information content (AvgIpc) is 3.05. The molecule has 0 fully saturated rings. The van der Waals surface area contributed by atoms with Gasteiger partial charge in [0.25, 0.3) is 0 Å². The Labute approximate surface area is 182 Å². The number of benzene rings is 3. The van der Waals surface area contributed by atoms with Gasteiger partial charge in [0.15, 0.2) is 5.76 Å². The molecule has 4 rings (SSSR count). The van der Waals surface area contributed by atoms with Crippen LogP contribution in [0.2, 0.25) is 10.0 Å². The number of methoxy groups -OCH3 is 1.